The molecule has 0 heterocycles. The van der Waals surface area contributed by atoms with Gasteiger partial charge in [-0.2, -0.15) is 0 Å². The minimum absolute atomic E-state index is 0.126. The molecule has 3 aromatic rings. The molecule has 1 amide bonds. The summed E-state index contributed by atoms with van der Waals surface area (Å²) in [6.45, 7) is 6.42. The number of allylic oxidation sites excluding steroid dienone is 1. The zero-order chi connectivity index (χ0) is 24.5. The van der Waals surface area contributed by atoms with Crippen LogP contribution in [0, 0.1) is 6.92 Å². The van der Waals surface area contributed by atoms with Crippen molar-refractivity contribution in [3.05, 3.63) is 106 Å². The molecule has 0 saturated heterocycles. The third-order valence-corrected chi connectivity index (χ3v) is 6.38. The van der Waals surface area contributed by atoms with Crippen molar-refractivity contribution in [1.82, 2.24) is 0 Å². The molecule has 0 bridgehead atoms. The minimum atomic E-state index is -1.32. The lowest BCUT2D eigenvalue weighted by Gasteiger charge is -2.33. The van der Waals surface area contributed by atoms with Crippen molar-refractivity contribution in [3.63, 3.8) is 0 Å². The van der Waals surface area contributed by atoms with Crippen LogP contribution in [-0.4, -0.2) is 24.1 Å². The molecule has 0 radical (unpaired) electrons. The van der Waals surface area contributed by atoms with Gasteiger partial charge in [0.15, 0.2) is 6.10 Å². The molecule has 1 unspecified atom stereocenters. The van der Waals surface area contributed by atoms with Gasteiger partial charge in [-0.1, -0.05) is 68.0 Å². The van der Waals surface area contributed by atoms with Gasteiger partial charge in [-0.3, -0.25) is 4.79 Å². The van der Waals surface area contributed by atoms with Crippen molar-refractivity contribution in [1.29, 1.82) is 0 Å². The van der Waals surface area contributed by atoms with Gasteiger partial charge in [0.1, 0.15) is 0 Å². The molecule has 4 rings (SSSR count). The zero-order valence-electron chi connectivity index (χ0n) is 19.9. The monoisotopic (exact) mass is 455 g/mol. The standard InChI is InChI=1S/C29H29NO4/c1-18-5-7-19(8-6-18)23-15-16-29(2,3)25-17-21(11-14-24(23)25)26(31)27(32)30-22-12-9-20(10-13-22)28(33)34-4/h5-15,17,26,31H,16H2,1-4H3,(H,30,32). The van der Waals surface area contributed by atoms with Gasteiger partial charge >= 0.3 is 5.97 Å². The highest BCUT2D eigenvalue weighted by molar-refractivity contribution is 5.96. The number of carbonyl (C=O) groups excluding carboxylic acids is 2. The number of aliphatic hydroxyl groups is 1. The van der Waals surface area contributed by atoms with Crippen LogP contribution in [-0.2, 0) is 14.9 Å². The molecule has 0 saturated carbocycles. The van der Waals surface area contributed by atoms with E-state index in [-0.39, 0.29) is 5.41 Å². The summed E-state index contributed by atoms with van der Waals surface area (Å²) in [7, 11) is 1.31. The van der Waals surface area contributed by atoms with Crippen LogP contribution < -0.4 is 5.32 Å². The lowest BCUT2D eigenvalue weighted by Crippen LogP contribution is -2.24. The number of aryl methyl sites for hydroxylation is 1. The van der Waals surface area contributed by atoms with Gasteiger partial charge in [-0.25, -0.2) is 4.79 Å². The van der Waals surface area contributed by atoms with E-state index in [4.69, 9.17) is 0 Å². The molecule has 5 nitrogen and oxygen atoms in total. The maximum absolute atomic E-state index is 12.8. The minimum Gasteiger partial charge on any atom is -0.465 e. The second-order valence-corrected chi connectivity index (χ2v) is 9.34. The lowest BCUT2D eigenvalue weighted by atomic mass is 9.71. The third kappa shape index (κ3) is 4.66. The number of carbonyl (C=O) groups is 2. The van der Waals surface area contributed by atoms with Crippen LogP contribution >= 0.6 is 0 Å². The fourth-order valence-corrected chi connectivity index (χ4v) is 4.28. The fourth-order valence-electron chi connectivity index (χ4n) is 4.28. The van der Waals surface area contributed by atoms with Crippen molar-refractivity contribution < 1.29 is 19.4 Å². The lowest BCUT2D eigenvalue weighted by molar-refractivity contribution is -0.124. The Labute approximate surface area is 200 Å². The second-order valence-electron chi connectivity index (χ2n) is 9.34. The highest BCUT2D eigenvalue weighted by atomic mass is 16.5. The molecule has 0 spiro atoms. The van der Waals surface area contributed by atoms with Crippen molar-refractivity contribution in [3.8, 4) is 0 Å². The predicted octanol–water partition coefficient (Wildman–Crippen LogP) is 5.57. The molecule has 1 aliphatic carbocycles. The summed E-state index contributed by atoms with van der Waals surface area (Å²) in [6, 6.07) is 20.6. The number of hydrogen-bond donors (Lipinski definition) is 2. The van der Waals surface area contributed by atoms with E-state index in [0.29, 0.717) is 16.8 Å². The van der Waals surface area contributed by atoms with Crippen LogP contribution in [0.4, 0.5) is 5.69 Å². The molecule has 34 heavy (non-hydrogen) atoms. The average Bonchev–Trinajstić information content (AvgIpc) is 2.84. The maximum atomic E-state index is 12.8. The Morgan fingerprint density at radius 1 is 1.00 bits per heavy atom. The smallest absolute Gasteiger partial charge is 0.337 e. The molecular formula is C29H29NO4. The Morgan fingerprint density at radius 2 is 1.68 bits per heavy atom. The molecule has 5 heteroatoms. The van der Waals surface area contributed by atoms with Crippen LogP contribution in [0.2, 0.25) is 0 Å². The van der Waals surface area contributed by atoms with Gasteiger partial charge in [0.25, 0.3) is 5.91 Å². The summed E-state index contributed by atoms with van der Waals surface area (Å²) in [4.78, 5) is 24.4. The number of benzene rings is 3. The first-order valence-corrected chi connectivity index (χ1v) is 11.3. The number of aliphatic hydroxyl groups excluding tert-OH is 1. The van der Waals surface area contributed by atoms with Crippen molar-refractivity contribution in [2.24, 2.45) is 0 Å². The highest BCUT2D eigenvalue weighted by Crippen LogP contribution is 2.42. The Balaban J connectivity index is 1.58. The Bertz CT molecular complexity index is 1250. The summed E-state index contributed by atoms with van der Waals surface area (Å²) in [5.41, 5.74) is 7.06. The number of esters is 1. The first kappa shape index (κ1) is 23.5. The number of anilines is 1. The number of methoxy groups -OCH3 is 1. The van der Waals surface area contributed by atoms with Crippen LogP contribution in [0.3, 0.4) is 0 Å². The Hall–Kier alpha value is -3.70. The number of rotatable bonds is 5. The zero-order valence-corrected chi connectivity index (χ0v) is 19.9. The van der Waals surface area contributed by atoms with E-state index in [1.54, 1.807) is 24.3 Å². The quantitative estimate of drug-likeness (QED) is 0.494. The highest BCUT2D eigenvalue weighted by Gasteiger charge is 2.30. The summed E-state index contributed by atoms with van der Waals surface area (Å²) in [5.74, 6) is -0.984. The molecule has 3 aromatic carbocycles. The van der Waals surface area contributed by atoms with Crippen LogP contribution in [0.5, 0.6) is 0 Å². The van der Waals surface area contributed by atoms with Gasteiger partial charge in [-0.15, -0.1) is 0 Å². The molecule has 174 valence electrons. The Kier molecular flexibility index (Phi) is 6.40. The van der Waals surface area contributed by atoms with Crippen LogP contribution in [0.15, 0.2) is 72.8 Å². The van der Waals surface area contributed by atoms with E-state index in [1.807, 2.05) is 18.2 Å². The SMILES string of the molecule is COC(=O)c1ccc(NC(=O)C(O)c2ccc3c(c2)C(C)(C)CC=C3c2ccc(C)cc2)cc1. The van der Waals surface area contributed by atoms with Crippen molar-refractivity contribution >= 4 is 23.1 Å². The van der Waals surface area contributed by atoms with Gasteiger partial charge in [0, 0.05) is 5.69 Å². The molecule has 0 aliphatic heterocycles. The van der Waals surface area contributed by atoms with Gasteiger partial charge in [-0.05, 0) is 70.9 Å². The normalized spacial score (nSPS) is 15.0. The summed E-state index contributed by atoms with van der Waals surface area (Å²) < 4.78 is 4.69. The van der Waals surface area contributed by atoms with Gasteiger partial charge in [0.05, 0.1) is 12.7 Å². The predicted molar refractivity (Wildman–Crippen MR) is 134 cm³/mol. The first-order valence-electron chi connectivity index (χ1n) is 11.3. The first-order chi connectivity index (χ1) is 16.2. The van der Waals surface area contributed by atoms with Crippen molar-refractivity contribution in [2.75, 3.05) is 12.4 Å². The second kappa shape index (κ2) is 9.27. The van der Waals surface area contributed by atoms with E-state index in [0.717, 1.165) is 23.1 Å². The molecule has 2 N–H and O–H groups in total. The van der Waals surface area contributed by atoms with Crippen LogP contribution in [0.1, 0.15) is 64.5 Å². The number of fused-ring (bicyclic) bond motifs is 1. The van der Waals surface area contributed by atoms with E-state index >= 15 is 0 Å². The number of ether oxygens (including phenoxy) is 1. The van der Waals surface area contributed by atoms with Gasteiger partial charge in [0.2, 0.25) is 0 Å². The van der Waals surface area contributed by atoms with E-state index in [9.17, 15) is 14.7 Å². The van der Waals surface area contributed by atoms with E-state index < -0.39 is 18.0 Å². The third-order valence-electron chi connectivity index (χ3n) is 6.38. The largest absolute Gasteiger partial charge is 0.465 e. The van der Waals surface area contributed by atoms with Crippen molar-refractivity contribution in [2.45, 2.75) is 38.7 Å². The summed E-state index contributed by atoms with van der Waals surface area (Å²) in [6.07, 6.45) is 1.81. The molecule has 0 aromatic heterocycles. The summed E-state index contributed by atoms with van der Waals surface area (Å²) in [5, 5.41) is 13.5. The molecule has 1 aliphatic rings. The maximum Gasteiger partial charge on any atom is 0.337 e. The van der Waals surface area contributed by atoms with Gasteiger partial charge < -0.3 is 15.2 Å². The fraction of sp³-hybridized carbons (Fsp3) is 0.241. The summed E-state index contributed by atoms with van der Waals surface area (Å²) >= 11 is 0. The van der Waals surface area contributed by atoms with E-state index in [1.165, 1.54) is 18.2 Å². The average molecular weight is 456 g/mol. The molecule has 1 atom stereocenters. The number of hydrogen-bond acceptors (Lipinski definition) is 4. The molecule has 0 fully saturated rings. The topological polar surface area (TPSA) is 75.6 Å². The van der Waals surface area contributed by atoms with Crippen LogP contribution in [0.25, 0.3) is 5.57 Å². The number of amides is 1. The van der Waals surface area contributed by atoms with E-state index in [2.05, 4.69) is 61.2 Å². The Morgan fingerprint density at radius 3 is 2.32 bits per heavy atom. The number of nitrogens with one attached hydrogen (secondary N) is 1. The molecular weight excluding hydrogens is 426 g/mol.